The first kappa shape index (κ1) is 10.1. The van der Waals surface area contributed by atoms with Crippen molar-refractivity contribution >= 4 is 16.9 Å². The second-order valence-corrected chi connectivity index (χ2v) is 4.22. The van der Waals surface area contributed by atoms with Gasteiger partial charge in [0.05, 0.1) is 6.54 Å². The van der Waals surface area contributed by atoms with E-state index in [0.717, 1.165) is 5.56 Å². The molecule has 1 heterocycles. The van der Waals surface area contributed by atoms with E-state index < -0.39 is 0 Å². The summed E-state index contributed by atoms with van der Waals surface area (Å²) in [4.78, 5) is 13.1. The number of carbonyl (C=O) groups is 1. The van der Waals surface area contributed by atoms with E-state index in [1.54, 1.807) is 4.90 Å². The lowest BCUT2D eigenvalue weighted by Crippen LogP contribution is -2.23. The van der Waals surface area contributed by atoms with Crippen molar-refractivity contribution in [3.05, 3.63) is 48.0 Å². The molecule has 1 fully saturated rings. The van der Waals surface area contributed by atoms with Crippen molar-refractivity contribution < 1.29 is 9.53 Å². The SMILES string of the molecule is O=C1OCCN1Cc1ccc2ccccc2c1. The zero-order valence-electron chi connectivity index (χ0n) is 9.43. The third-order valence-corrected chi connectivity index (χ3v) is 3.03. The molecule has 0 aliphatic carbocycles. The zero-order valence-corrected chi connectivity index (χ0v) is 9.43. The number of hydrogen-bond donors (Lipinski definition) is 0. The third-order valence-electron chi connectivity index (χ3n) is 3.03. The molecular formula is C14H13NO2. The lowest BCUT2D eigenvalue weighted by molar-refractivity contribution is 0.157. The number of hydrogen-bond acceptors (Lipinski definition) is 2. The predicted molar refractivity (Wildman–Crippen MR) is 65.7 cm³/mol. The smallest absolute Gasteiger partial charge is 0.410 e. The van der Waals surface area contributed by atoms with Crippen LogP contribution in [0.15, 0.2) is 42.5 Å². The minimum atomic E-state index is -0.210. The number of ether oxygens (including phenoxy) is 1. The summed E-state index contributed by atoms with van der Waals surface area (Å²) in [6.45, 7) is 1.82. The molecule has 3 heteroatoms. The van der Waals surface area contributed by atoms with E-state index in [0.29, 0.717) is 19.7 Å². The Labute approximate surface area is 99.6 Å². The Morgan fingerprint density at radius 2 is 1.94 bits per heavy atom. The van der Waals surface area contributed by atoms with Gasteiger partial charge in [-0.1, -0.05) is 36.4 Å². The minimum absolute atomic E-state index is 0.210. The second kappa shape index (κ2) is 4.09. The van der Waals surface area contributed by atoms with Crippen molar-refractivity contribution in [1.29, 1.82) is 0 Å². The largest absolute Gasteiger partial charge is 0.448 e. The number of carbonyl (C=O) groups excluding carboxylic acids is 1. The molecule has 0 spiro atoms. The van der Waals surface area contributed by atoms with Gasteiger partial charge in [0.25, 0.3) is 0 Å². The first-order valence-electron chi connectivity index (χ1n) is 5.72. The van der Waals surface area contributed by atoms with Crippen LogP contribution in [0.3, 0.4) is 0 Å². The lowest BCUT2D eigenvalue weighted by Gasteiger charge is -2.12. The summed E-state index contributed by atoms with van der Waals surface area (Å²) in [6, 6.07) is 14.5. The fourth-order valence-corrected chi connectivity index (χ4v) is 2.13. The maximum atomic E-state index is 11.3. The van der Waals surface area contributed by atoms with Crippen molar-refractivity contribution in [1.82, 2.24) is 4.90 Å². The van der Waals surface area contributed by atoms with E-state index in [9.17, 15) is 4.79 Å². The van der Waals surface area contributed by atoms with Gasteiger partial charge in [0.15, 0.2) is 0 Å². The van der Waals surface area contributed by atoms with Crippen LogP contribution in [0.25, 0.3) is 10.8 Å². The molecule has 86 valence electrons. The Hall–Kier alpha value is -2.03. The van der Waals surface area contributed by atoms with Crippen LogP contribution in [-0.2, 0) is 11.3 Å². The molecule has 1 saturated heterocycles. The summed E-state index contributed by atoms with van der Waals surface area (Å²) in [5, 5.41) is 2.43. The lowest BCUT2D eigenvalue weighted by atomic mass is 10.1. The van der Waals surface area contributed by atoms with Crippen molar-refractivity contribution in [2.45, 2.75) is 6.54 Å². The first-order valence-corrected chi connectivity index (χ1v) is 5.72. The predicted octanol–water partition coefficient (Wildman–Crippen LogP) is 2.79. The van der Waals surface area contributed by atoms with Gasteiger partial charge in [0.2, 0.25) is 0 Å². The van der Waals surface area contributed by atoms with Crippen molar-refractivity contribution in [2.24, 2.45) is 0 Å². The summed E-state index contributed by atoms with van der Waals surface area (Å²) in [6.07, 6.45) is -0.210. The highest BCUT2D eigenvalue weighted by molar-refractivity contribution is 5.83. The quantitative estimate of drug-likeness (QED) is 0.789. The third kappa shape index (κ3) is 1.96. The molecular weight excluding hydrogens is 214 g/mol. The van der Waals surface area contributed by atoms with Gasteiger partial charge >= 0.3 is 6.09 Å². The molecule has 0 atom stereocenters. The fourth-order valence-electron chi connectivity index (χ4n) is 2.13. The van der Waals surface area contributed by atoms with Crippen LogP contribution in [0.5, 0.6) is 0 Å². The van der Waals surface area contributed by atoms with Crippen LogP contribution >= 0.6 is 0 Å². The Balaban J connectivity index is 1.88. The molecule has 0 bridgehead atoms. The molecule has 1 aliphatic rings. The van der Waals surface area contributed by atoms with Gasteiger partial charge in [-0.25, -0.2) is 4.79 Å². The Morgan fingerprint density at radius 3 is 2.71 bits per heavy atom. The first-order chi connectivity index (χ1) is 8.33. The maximum Gasteiger partial charge on any atom is 0.410 e. The standard InChI is InChI=1S/C14H13NO2/c16-14-15(7-8-17-14)10-11-5-6-12-3-1-2-4-13(12)9-11/h1-6,9H,7-8,10H2. The molecule has 0 unspecified atom stereocenters. The van der Waals surface area contributed by atoms with Crippen LogP contribution in [0, 0.1) is 0 Å². The number of cyclic esters (lactones) is 1. The van der Waals surface area contributed by atoms with Crippen LogP contribution < -0.4 is 0 Å². The Kier molecular flexibility index (Phi) is 2.44. The monoisotopic (exact) mass is 227 g/mol. The van der Waals surface area contributed by atoms with Crippen LogP contribution in [-0.4, -0.2) is 24.1 Å². The average Bonchev–Trinajstić information content (AvgIpc) is 2.75. The van der Waals surface area contributed by atoms with Crippen molar-refractivity contribution in [2.75, 3.05) is 13.2 Å². The average molecular weight is 227 g/mol. The second-order valence-electron chi connectivity index (χ2n) is 4.22. The van der Waals surface area contributed by atoms with Crippen LogP contribution in [0.4, 0.5) is 4.79 Å². The highest BCUT2D eigenvalue weighted by Gasteiger charge is 2.21. The Morgan fingerprint density at radius 1 is 1.12 bits per heavy atom. The molecule has 1 amide bonds. The van der Waals surface area contributed by atoms with Crippen LogP contribution in [0.1, 0.15) is 5.56 Å². The van der Waals surface area contributed by atoms with E-state index in [-0.39, 0.29) is 6.09 Å². The molecule has 1 aliphatic heterocycles. The van der Waals surface area contributed by atoms with Crippen molar-refractivity contribution in [3.63, 3.8) is 0 Å². The molecule has 3 rings (SSSR count). The summed E-state index contributed by atoms with van der Waals surface area (Å²) in [5.41, 5.74) is 1.14. The maximum absolute atomic E-state index is 11.3. The summed E-state index contributed by atoms with van der Waals surface area (Å²) in [7, 11) is 0. The van der Waals surface area contributed by atoms with Gasteiger partial charge in [-0.05, 0) is 22.4 Å². The van der Waals surface area contributed by atoms with Gasteiger partial charge in [0.1, 0.15) is 6.61 Å². The van der Waals surface area contributed by atoms with E-state index in [4.69, 9.17) is 4.74 Å². The Bertz CT molecular complexity index is 565. The van der Waals surface area contributed by atoms with Gasteiger partial charge in [-0.2, -0.15) is 0 Å². The van der Waals surface area contributed by atoms with E-state index in [1.807, 2.05) is 12.1 Å². The van der Waals surface area contributed by atoms with E-state index in [1.165, 1.54) is 10.8 Å². The molecule has 0 saturated carbocycles. The molecule has 2 aromatic carbocycles. The van der Waals surface area contributed by atoms with Gasteiger partial charge in [0, 0.05) is 6.54 Å². The molecule has 2 aromatic rings. The fraction of sp³-hybridized carbons (Fsp3) is 0.214. The highest BCUT2D eigenvalue weighted by atomic mass is 16.6. The normalized spacial score (nSPS) is 15.3. The van der Waals surface area contributed by atoms with Crippen LogP contribution in [0.2, 0.25) is 0 Å². The van der Waals surface area contributed by atoms with Crippen molar-refractivity contribution in [3.8, 4) is 0 Å². The molecule has 0 N–H and O–H groups in total. The van der Waals surface area contributed by atoms with E-state index >= 15 is 0 Å². The topological polar surface area (TPSA) is 29.5 Å². The van der Waals surface area contributed by atoms with Gasteiger partial charge in [-0.3, -0.25) is 0 Å². The number of fused-ring (bicyclic) bond motifs is 1. The summed E-state index contributed by atoms with van der Waals surface area (Å²) < 4.78 is 4.91. The molecule has 3 nitrogen and oxygen atoms in total. The number of amides is 1. The van der Waals surface area contributed by atoms with E-state index in [2.05, 4.69) is 30.3 Å². The van der Waals surface area contributed by atoms with Gasteiger partial charge < -0.3 is 9.64 Å². The minimum Gasteiger partial charge on any atom is -0.448 e. The number of benzene rings is 2. The zero-order chi connectivity index (χ0) is 11.7. The number of rotatable bonds is 2. The summed E-state index contributed by atoms with van der Waals surface area (Å²) >= 11 is 0. The summed E-state index contributed by atoms with van der Waals surface area (Å²) in [5.74, 6) is 0. The molecule has 0 aromatic heterocycles. The molecule has 0 radical (unpaired) electrons. The van der Waals surface area contributed by atoms with Gasteiger partial charge in [-0.15, -0.1) is 0 Å². The highest BCUT2D eigenvalue weighted by Crippen LogP contribution is 2.18. The number of nitrogens with zero attached hydrogens (tertiary/aromatic N) is 1. The molecule has 17 heavy (non-hydrogen) atoms.